The average Bonchev–Trinajstić information content (AvgIpc) is 2.73. The summed E-state index contributed by atoms with van der Waals surface area (Å²) < 4.78 is 49.2. The molecule has 2 aromatic rings. The molecule has 160 valence electrons. The molecule has 0 bridgehead atoms. The number of hydrogen-bond donors (Lipinski definition) is 0. The number of likely N-dealkylation sites (tertiary alicyclic amines) is 1. The summed E-state index contributed by atoms with van der Waals surface area (Å²) in [6.45, 7) is 2.10. The SMILES string of the molecule is COC1(c2cccc(C(=O)N3CCC(c4ccc(C(F)(F)F)cc4)CC3)c2)COC1. The Morgan fingerprint density at radius 3 is 2.30 bits per heavy atom. The van der Waals surface area contributed by atoms with Crippen molar-refractivity contribution < 1.29 is 27.4 Å². The van der Waals surface area contributed by atoms with Crippen molar-refractivity contribution >= 4 is 5.91 Å². The summed E-state index contributed by atoms with van der Waals surface area (Å²) in [5, 5.41) is 0. The zero-order valence-electron chi connectivity index (χ0n) is 16.7. The number of carbonyl (C=O) groups is 1. The van der Waals surface area contributed by atoms with Crippen LogP contribution in [0.3, 0.4) is 0 Å². The van der Waals surface area contributed by atoms with E-state index >= 15 is 0 Å². The van der Waals surface area contributed by atoms with E-state index in [9.17, 15) is 18.0 Å². The van der Waals surface area contributed by atoms with Crippen LogP contribution in [-0.4, -0.2) is 44.2 Å². The Labute approximate surface area is 173 Å². The van der Waals surface area contributed by atoms with Gasteiger partial charge in [-0.1, -0.05) is 24.3 Å². The van der Waals surface area contributed by atoms with Gasteiger partial charge >= 0.3 is 6.18 Å². The molecule has 2 heterocycles. The highest BCUT2D eigenvalue weighted by molar-refractivity contribution is 5.94. The maximum Gasteiger partial charge on any atom is 0.416 e. The minimum absolute atomic E-state index is 0.0331. The van der Waals surface area contributed by atoms with Gasteiger partial charge in [-0.15, -0.1) is 0 Å². The number of nitrogens with zero attached hydrogens (tertiary/aromatic N) is 1. The number of amides is 1. The van der Waals surface area contributed by atoms with Crippen molar-refractivity contribution in [3.05, 3.63) is 70.8 Å². The molecule has 0 unspecified atom stereocenters. The number of hydrogen-bond acceptors (Lipinski definition) is 3. The molecule has 0 spiro atoms. The topological polar surface area (TPSA) is 38.8 Å². The van der Waals surface area contributed by atoms with Crippen LogP contribution in [0.4, 0.5) is 13.2 Å². The van der Waals surface area contributed by atoms with E-state index in [4.69, 9.17) is 9.47 Å². The zero-order chi connectivity index (χ0) is 21.4. The Kier molecular flexibility index (Phi) is 5.59. The average molecular weight is 419 g/mol. The third kappa shape index (κ3) is 3.96. The lowest BCUT2D eigenvalue weighted by atomic mass is 9.88. The quantitative estimate of drug-likeness (QED) is 0.727. The fourth-order valence-electron chi connectivity index (χ4n) is 4.17. The number of piperidine rings is 1. The summed E-state index contributed by atoms with van der Waals surface area (Å²) in [6, 6.07) is 12.9. The Hall–Kier alpha value is -2.38. The van der Waals surface area contributed by atoms with Crippen LogP contribution in [0, 0.1) is 0 Å². The molecule has 0 atom stereocenters. The van der Waals surface area contributed by atoms with E-state index in [1.54, 1.807) is 25.3 Å². The first-order chi connectivity index (χ1) is 14.3. The van der Waals surface area contributed by atoms with Gasteiger partial charge in [0.05, 0.1) is 18.8 Å². The van der Waals surface area contributed by atoms with Gasteiger partial charge in [0.1, 0.15) is 5.60 Å². The standard InChI is InChI=1S/C23H24F3NO3/c1-29-22(14-30-15-22)20-4-2-3-18(13-20)21(28)27-11-9-17(10-12-27)16-5-7-19(8-6-16)23(24,25)26/h2-8,13,17H,9-12,14-15H2,1H3. The van der Waals surface area contributed by atoms with Gasteiger partial charge in [0.2, 0.25) is 0 Å². The maximum absolute atomic E-state index is 13.0. The molecular formula is C23H24F3NO3. The molecule has 2 aliphatic rings. The lowest BCUT2D eigenvalue weighted by Crippen LogP contribution is -2.48. The molecule has 0 aromatic heterocycles. The summed E-state index contributed by atoms with van der Waals surface area (Å²) in [5.74, 6) is 0.126. The second-order valence-corrected chi connectivity index (χ2v) is 7.96. The molecule has 2 aliphatic heterocycles. The first-order valence-electron chi connectivity index (χ1n) is 10.0. The minimum atomic E-state index is -4.32. The van der Waals surface area contributed by atoms with Crippen LogP contribution in [0.2, 0.25) is 0 Å². The Balaban J connectivity index is 1.40. The zero-order valence-corrected chi connectivity index (χ0v) is 16.7. The van der Waals surface area contributed by atoms with Crippen LogP contribution >= 0.6 is 0 Å². The molecule has 2 aromatic carbocycles. The van der Waals surface area contributed by atoms with Crippen molar-refractivity contribution in [2.75, 3.05) is 33.4 Å². The lowest BCUT2D eigenvalue weighted by Gasteiger charge is -2.40. The van der Waals surface area contributed by atoms with Crippen molar-refractivity contribution in [1.82, 2.24) is 4.90 Å². The number of carbonyl (C=O) groups excluding carboxylic acids is 1. The van der Waals surface area contributed by atoms with Crippen molar-refractivity contribution in [3.63, 3.8) is 0 Å². The Morgan fingerprint density at radius 2 is 1.77 bits per heavy atom. The Bertz CT molecular complexity index is 893. The third-order valence-electron chi connectivity index (χ3n) is 6.19. The van der Waals surface area contributed by atoms with E-state index in [2.05, 4.69) is 0 Å². The number of rotatable bonds is 4. The lowest BCUT2D eigenvalue weighted by molar-refractivity contribution is -0.202. The van der Waals surface area contributed by atoms with Gasteiger partial charge < -0.3 is 14.4 Å². The number of alkyl halides is 3. The second kappa shape index (κ2) is 8.04. The summed E-state index contributed by atoms with van der Waals surface area (Å²) in [7, 11) is 1.64. The molecule has 0 saturated carbocycles. The van der Waals surface area contributed by atoms with Crippen LogP contribution < -0.4 is 0 Å². The molecule has 0 N–H and O–H groups in total. The van der Waals surface area contributed by atoms with Crippen LogP contribution in [0.1, 0.15) is 45.8 Å². The fraction of sp³-hybridized carbons (Fsp3) is 0.435. The molecular weight excluding hydrogens is 395 g/mol. The fourth-order valence-corrected chi connectivity index (χ4v) is 4.17. The van der Waals surface area contributed by atoms with Crippen LogP contribution in [0.5, 0.6) is 0 Å². The van der Waals surface area contributed by atoms with E-state index in [-0.39, 0.29) is 11.8 Å². The number of halogens is 3. The number of ether oxygens (including phenoxy) is 2. The van der Waals surface area contributed by atoms with E-state index < -0.39 is 17.3 Å². The van der Waals surface area contributed by atoms with E-state index in [1.165, 1.54) is 0 Å². The predicted molar refractivity (Wildman–Crippen MR) is 105 cm³/mol. The maximum atomic E-state index is 13.0. The van der Waals surface area contributed by atoms with Crippen LogP contribution in [-0.2, 0) is 21.3 Å². The predicted octanol–water partition coefficient (Wildman–Crippen LogP) is 4.60. The first kappa shape index (κ1) is 20.9. The number of benzene rings is 2. The highest BCUT2D eigenvalue weighted by Gasteiger charge is 2.41. The molecule has 4 rings (SSSR count). The molecule has 30 heavy (non-hydrogen) atoms. The van der Waals surface area contributed by atoms with Gasteiger partial charge in [-0.25, -0.2) is 0 Å². The molecule has 1 amide bonds. The largest absolute Gasteiger partial charge is 0.416 e. The van der Waals surface area contributed by atoms with E-state index in [1.807, 2.05) is 23.1 Å². The van der Waals surface area contributed by atoms with Crippen molar-refractivity contribution in [1.29, 1.82) is 0 Å². The number of methoxy groups -OCH3 is 1. The van der Waals surface area contributed by atoms with E-state index in [0.29, 0.717) is 31.9 Å². The Morgan fingerprint density at radius 1 is 1.10 bits per heavy atom. The molecule has 2 fully saturated rings. The normalized spacial score (nSPS) is 19.4. The molecule has 2 saturated heterocycles. The van der Waals surface area contributed by atoms with E-state index in [0.717, 1.165) is 36.1 Å². The molecule has 4 nitrogen and oxygen atoms in total. The molecule has 7 heteroatoms. The first-order valence-corrected chi connectivity index (χ1v) is 10.0. The highest BCUT2D eigenvalue weighted by atomic mass is 19.4. The van der Waals surface area contributed by atoms with Crippen LogP contribution in [0.15, 0.2) is 48.5 Å². The van der Waals surface area contributed by atoms with Crippen LogP contribution in [0.25, 0.3) is 0 Å². The van der Waals surface area contributed by atoms with Gasteiger partial charge in [-0.05, 0) is 54.2 Å². The monoisotopic (exact) mass is 419 g/mol. The van der Waals surface area contributed by atoms with Crippen molar-refractivity contribution in [3.8, 4) is 0 Å². The molecule has 0 aliphatic carbocycles. The minimum Gasteiger partial charge on any atom is -0.375 e. The van der Waals surface area contributed by atoms with Crippen molar-refractivity contribution in [2.45, 2.75) is 30.5 Å². The smallest absolute Gasteiger partial charge is 0.375 e. The summed E-state index contributed by atoms with van der Waals surface area (Å²) >= 11 is 0. The molecule has 0 radical (unpaired) electrons. The third-order valence-corrected chi connectivity index (χ3v) is 6.19. The highest BCUT2D eigenvalue weighted by Crippen LogP contribution is 2.35. The second-order valence-electron chi connectivity index (χ2n) is 7.96. The van der Waals surface area contributed by atoms with Gasteiger partial charge in [-0.2, -0.15) is 13.2 Å². The summed E-state index contributed by atoms with van der Waals surface area (Å²) in [5.41, 5.74) is 1.32. The van der Waals surface area contributed by atoms with Gasteiger partial charge in [0.15, 0.2) is 0 Å². The van der Waals surface area contributed by atoms with Crippen molar-refractivity contribution in [2.24, 2.45) is 0 Å². The van der Waals surface area contributed by atoms with Gasteiger partial charge in [0, 0.05) is 25.8 Å². The van der Waals surface area contributed by atoms with Gasteiger partial charge in [-0.3, -0.25) is 4.79 Å². The van der Waals surface area contributed by atoms with Gasteiger partial charge in [0.25, 0.3) is 5.91 Å². The summed E-state index contributed by atoms with van der Waals surface area (Å²) in [6.07, 6.45) is -2.87. The summed E-state index contributed by atoms with van der Waals surface area (Å²) in [4.78, 5) is 14.8.